The van der Waals surface area contributed by atoms with Crippen LogP contribution in [0.4, 0.5) is 0 Å². The summed E-state index contributed by atoms with van der Waals surface area (Å²) in [6.45, 7) is 6.11. The molecule has 0 spiro atoms. The first kappa shape index (κ1) is 17.2. The van der Waals surface area contributed by atoms with Crippen LogP contribution in [0.15, 0.2) is 41.2 Å². The molecule has 0 atom stereocenters. The molecule has 0 fully saturated rings. The fraction of sp³-hybridized carbons (Fsp3) is 0.143. The summed E-state index contributed by atoms with van der Waals surface area (Å²) in [5, 5.41) is 9.64. The Labute approximate surface area is 174 Å². The highest BCUT2D eigenvalue weighted by molar-refractivity contribution is 7.26. The minimum absolute atomic E-state index is 0.272. The minimum Gasteiger partial charge on any atom is -0.330 e. The molecule has 30 heavy (non-hydrogen) atoms. The lowest BCUT2D eigenvalue weighted by molar-refractivity contribution is 0.429. The van der Waals surface area contributed by atoms with Crippen molar-refractivity contribution in [1.29, 1.82) is 0 Å². The molecule has 0 bridgehead atoms. The number of aryl methyl sites for hydroxylation is 3. The third kappa shape index (κ3) is 2.52. The van der Waals surface area contributed by atoms with Gasteiger partial charge in [-0.2, -0.15) is 4.98 Å². The summed E-state index contributed by atoms with van der Waals surface area (Å²) in [4.78, 5) is 19.4. The van der Waals surface area contributed by atoms with Crippen LogP contribution < -0.4 is 0 Å². The fourth-order valence-electron chi connectivity index (χ4n) is 3.59. The molecule has 0 radical (unpaired) electrons. The third-order valence-electron chi connectivity index (χ3n) is 5.02. The van der Waals surface area contributed by atoms with E-state index in [-0.39, 0.29) is 5.89 Å². The molecule has 0 N–H and O–H groups in total. The van der Waals surface area contributed by atoms with Crippen molar-refractivity contribution in [2.45, 2.75) is 20.8 Å². The van der Waals surface area contributed by atoms with Gasteiger partial charge in [-0.3, -0.25) is 0 Å². The lowest BCUT2D eigenvalue weighted by Crippen LogP contribution is -1.90. The van der Waals surface area contributed by atoms with E-state index in [0.29, 0.717) is 17.3 Å². The fourth-order valence-corrected chi connectivity index (χ4v) is 4.82. The van der Waals surface area contributed by atoms with E-state index in [0.717, 1.165) is 37.3 Å². The first-order valence-electron chi connectivity index (χ1n) is 9.40. The second-order valence-electron chi connectivity index (χ2n) is 7.28. The van der Waals surface area contributed by atoms with Gasteiger partial charge < -0.3 is 4.52 Å². The van der Waals surface area contributed by atoms with Gasteiger partial charge in [0.15, 0.2) is 5.65 Å². The van der Waals surface area contributed by atoms with E-state index in [4.69, 9.17) is 4.52 Å². The third-order valence-corrected chi connectivity index (χ3v) is 6.09. The van der Waals surface area contributed by atoms with E-state index >= 15 is 0 Å². The van der Waals surface area contributed by atoms with Gasteiger partial charge in [-0.1, -0.05) is 35.0 Å². The Morgan fingerprint density at radius 3 is 2.63 bits per heavy atom. The Kier molecular flexibility index (Phi) is 3.51. The van der Waals surface area contributed by atoms with E-state index in [1.165, 1.54) is 5.56 Å². The Hall–Kier alpha value is -3.72. The van der Waals surface area contributed by atoms with Crippen LogP contribution in [0, 0.1) is 20.8 Å². The lowest BCUT2D eigenvalue weighted by atomic mass is 10.1. The van der Waals surface area contributed by atoms with Crippen molar-refractivity contribution in [1.82, 2.24) is 34.7 Å². The van der Waals surface area contributed by atoms with Crippen molar-refractivity contribution >= 4 is 37.4 Å². The van der Waals surface area contributed by atoms with Gasteiger partial charge in [0.05, 0.1) is 5.52 Å². The van der Waals surface area contributed by atoms with Crippen LogP contribution in [0.25, 0.3) is 49.2 Å². The molecule has 0 aliphatic rings. The van der Waals surface area contributed by atoms with Crippen LogP contribution >= 0.6 is 11.3 Å². The van der Waals surface area contributed by atoms with Crippen LogP contribution in [0.5, 0.6) is 0 Å². The molecule has 8 nitrogen and oxygen atoms in total. The molecule has 0 unspecified atom stereocenters. The molecule has 5 aromatic heterocycles. The second kappa shape index (κ2) is 6.14. The van der Waals surface area contributed by atoms with Crippen molar-refractivity contribution in [2.24, 2.45) is 0 Å². The molecule has 6 aromatic rings. The van der Waals surface area contributed by atoms with Crippen LogP contribution in [-0.2, 0) is 0 Å². The normalized spacial score (nSPS) is 11.8. The van der Waals surface area contributed by atoms with Crippen molar-refractivity contribution in [2.75, 3.05) is 0 Å². The predicted octanol–water partition coefficient (Wildman–Crippen LogP) is 4.53. The van der Waals surface area contributed by atoms with Gasteiger partial charge in [0.25, 0.3) is 5.89 Å². The number of benzene rings is 1. The SMILES string of the molecule is Cc1ccc(-c2noc(-c3nc4c5sc6nc(C)cc(C)c6c5ncn4n3)n2)cc1. The van der Waals surface area contributed by atoms with E-state index in [1.807, 2.05) is 38.1 Å². The van der Waals surface area contributed by atoms with Gasteiger partial charge in [-0.25, -0.2) is 19.5 Å². The first-order valence-corrected chi connectivity index (χ1v) is 10.2. The standard InChI is InChI=1S/C21H15N7OS/c1-10-4-6-13(7-5-10)17-25-20(29-27-17)18-24-19-16-15(22-9-28(19)26-18)14-11(2)8-12(3)23-21(14)30-16/h4-9H,1-3H3. The quantitative estimate of drug-likeness (QED) is 0.411. The molecule has 0 saturated heterocycles. The van der Waals surface area contributed by atoms with Crippen LogP contribution in [0.3, 0.4) is 0 Å². The highest BCUT2D eigenvalue weighted by atomic mass is 32.1. The lowest BCUT2D eigenvalue weighted by Gasteiger charge is -1.98. The zero-order valence-electron chi connectivity index (χ0n) is 16.4. The summed E-state index contributed by atoms with van der Waals surface area (Å²) in [7, 11) is 0. The van der Waals surface area contributed by atoms with Gasteiger partial charge in [0.2, 0.25) is 11.6 Å². The number of aromatic nitrogens is 7. The number of rotatable bonds is 2. The highest BCUT2D eigenvalue weighted by Crippen LogP contribution is 2.35. The molecule has 146 valence electrons. The van der Waals surface area contributed by atoms with Crippen molar-refractivity contribution in [3.05, 3.63) is 53.5 Å². The predicted molar refractivity (Wildman–Crippen MR) is 114 cm³/mol. The Bertz CT molecular complexity index is 1580. The molecule has 1 aromatic carbocycles. The van der Waals surface area contributed by atoms with E-state index in [2.05, 4.69) is 43.2 Å². The van der Waals surface area contributed by atoms with Crippen molar-refractivity contribution in [3.8, 4) is 23.1 Å². The largest absolute Gasteiger partial charge is 0.330 e. The number of hydrogen-bond donors (Lipinski definition) is 0. The molecular weight excluding hydrogens is 398 g/mol. The molecule has 9 heteroatoms. The summed E-state index contributed by atoms with van der Waals surface area (Å²) < 4.78 is 8.02. The maximum absolute atomic E-state index is 5.44. The van der Waals surface area contributed by atoms with Crippen molar-refractivity contribution in [3.63, 3.8) is 0 Å². The van der Waals surface area contributed by atoms with Gasteiger partial charge >= 0.3 is 0 Å². The highest BCUT2D eigenvalue weighted by Gasteiger charge is 2.20. The number of thiophene rings is 1. The topological polar surface area (TPSA) is 94.9 Å². The molecule has 6 rings (SSSR count). The van der Waals surface area contributed by atoms with Gasteiger partial charge in [-0.15, -0.1) is 16.4 Å². The summed E-state index contributed by atoms with van der Waals surface area (Å²) in [5.74, 6) is 1.14. The molecule has 5 heterocycles. The average Bonchev–Trinajstić information content (AvgIpc) is 3.43. The van der Waals surface area contributed by atoms with Gasteiger partial charge in [0, 0.05) is 16.6 Å². The summed E-state index contributed by atoms with van der Waals surface area (Å²) in [5.41, 5.74) is 5.77. The molecular formula is C21H15N7OS. The first-order chi connectivity index (χ1) is 14.6. The number of nitrogens with zero attached hydrogens (tertiary/aromatic N) is 7. The maximum atomic E-state index is 5.44. The number of hydrogen-bond acceptors (Lipinski definition) is 8. The zero-order valence-corrected chi connectivity index (χ0v) is 17.2. The smallest absolute Gasteiger partial charge is 0.297 e. The molecule has 0 aliphatic heterocycles. The molecule has 0 saturated carbocycles. The zero-order chi connectivity index (χ0) is 20.4. The minimum atomic E-state index is 0.272. The average molecular weight is 413 g/mol. The number of fused-ring (bicyclic) bond motifs is 5. The van der Waals surface area contributed by atoms with Crippen molar-refractivity contribution < 1.29 is 4.52 Å². The molecule has 0 aliphatic carbocycles. The van der Waals surface area contributed by atoms with E-state index in [1.54, 1.807) is 22.2 Å². The monoisotopic (exact) mass is 413 g/mol. The number of pyridine rings is 1. The second-order valence-corrected chi connectivity index (χ2v) is 8.28. The Morgan fingerprint density at radius 1 is 0.967 bits per heavy atom. The van der Waals surface area contributed by atoms with E-state index < -0.39 is 0 Å². The summed E-state index contributed by atoms with van der Waals surface area (Å²) in [6, 6.07) is 10.0. The molecule has 0 amide bonds. The summed E-state index contributed by atoms with van der Waals surface area (Å²) in [6.07, 6.45) is 1.66. The van der Waals surface area contributed by atoms with E-state index in [9.17, 15) is 0 Å². The Morgan fingerprint density at radius 2 is 1.80 bits per heavy atom. The van der Waals surface area contributed by atoms with Gasteiger partial charge in [0.1, 0.15) is 15.9 Å². The maximum Gasteiger partial charge on any atom is 0.297 e. The van der Waals surface area contributed by atoms with Gasteiger partial charge in [-0.05, 0) is 32.4 Å². The van der Waals surface area contributed by atoms with Crippen LogP contribution in [0.2, 0.25) is 0 Å². The summed E-state index contributed by atoms with van der Waals surface area (Å²) >= 11 is 1.57. The van der Waals surface area contributed by atoms with Crippen LogP contribution in [-0.4, -0.2) is 34.7 Å². The van der Waals surface area contributed by atoms with Crippen LogP contribution in [0.1, 0.15) is 16.8 Å². The Balaban J connectivity index is 1.51.